The van der Waals surface area contributed by atoms with Gasteiger partial charge in [0, 0.05) is 35.1 Å². The first-order valence-electron chi connectivity index (χ1n) is 10.5. The third kappa shape index (κ3) is 4.33. The molecule has 0 radical (unpaired) electrons. The van der Waals surface area contributed by atoms with Gasteiger partial charge < -0.3 is 0 Å². The average molecular weight is 614 g/mol. The molecule has 2 aromatic carbocycles. The first kappa shape index (κ1) is 25.7. The molecule has 34 heavy (non-hydrogen) atoms. The summed E-state index contributed by atoms with van der Waals surface area (Å²) in [6, 6.07) is 10.1. The minimum absolute atomic E-state index is 0.105. The molecule has 4 rings (SSSR count). The zero-order valence-corrected chi connectivity index (χ0v) is 20.9. The molecule has 2 atom stereocenters. The van der Waals surface area contributed by atoms with Gasteiger partial charge in [-0.15, -0.1) is 0 Å². The van der Waals surface area contributed by atoms with Gasteiger partial charge in [-0.25, -0.2) is 26.3 Å². The number of Topliss-reactive ketones (excluding diaryl/α,β-unsaturated/α-hetero) is 1. The fourth-order valence-corrected chi connectivity index (χ4v) is 5.43. The minimum atomic E-state index is -4.23. The fourth-order valence-electron chi connectivity index (χ4n) is 4.61. The van der Waals surface area contributed by atoms with E-state index in [4.69, 9.17) is 0 Å². The van der Waals surface area contributed by atoms with Crippen molar-refractivity contribution in [3.63, 3.8) is 0 Å². The molecule has 0 spiro atoms. The molecule has 0 aromatic heterocycles. The first-order valence-corrected chi connectivity index (χ1v) is 12.1. The molecule has 11 heteroatoms. The number of ketones is 1. The Bertz CT molecular complexity index is 1020. The highest BCUT2D eigenvalue weighted by molar-refractivity contribution is 9.10. The highest BCUT2D eigenvalue weighted by Gasteiger charge is 2.66. The van der Waals surface area contributed by atoms with Gasteiger partial charge in [0.05, 0.1) is 0 Å². The van der Waals surface area contributed by atoms with E-state index in [0.29, 0.717) is 29.9 Å². The molecule has 184 valence electrons. The Labute approximate surface area is 209 Å². The topological polar surface area (TPSA) is 23.6 Å². The summed E-state index contributed by atoms with van der Waals surface area (Å²) in [5.74, 6) is -10.9. The quantitative estimate of drug-likeness (QED) is 0.292. The third-order valence-corrected chi connectivity index (χ3v) is 7.48. The van der Waals surface area contributed by atoms with Gasteiger partial charge in [0.25, 0.3) is 24.4 Å². The Hall–Kier alpha value is -1.43. The van der Waals surface area contributed by atoms with E-state index in [9.17, 15) is 22.4 Å². The van der Waals surface area contributed by atoms with Crippen LogP contribution in [-0.2, 0) is 30.7 Å². The van der Waals surface area contributed by atoms with E-state index in [0.717, 1.165) is 11.1 Å². The van der Waals surface area contributed by atoms with E-state index in [1.165, 1.54) is 0 Å². The van der Waals surface area contributed by atoms with Gasteiger partial charge in [0.2, 0.25) is 5.78 Å². The monoisotopic (exact) mass is 612 g/mol. The fraction of sp³-hybridized carbons (Fsp3) is 0.435. The van der Waals surface area contributed by atoms with Crippen LogP contribution in [0.4, 0.5) is 26.3 Å². The maximum Gasteiger partial charge on any atom is 0.293 e. The molecule has 0 saturated carbocycles. The van der Waals surface area contributed by atoms with Crippen LogP contribution in [0.1, 0.15) is 22.3 Å². The summed E-state index contributed by atoms with van der Waals surface area (Å²) in [5.41, 5.74) is 2.41. The number of nitrogens with zero attached hydrogens (tertiary/aromatic N) is 2. The van der Waals surface area contributed by atoms with E-state index in [1.54, 1.807) is 36.4 Å². The smallest absolute Gasteiger partial charge is 0.289 e. The van der Waals surface area contributed by atoms with Gasteiger partial charge in [-0.2, -0.15) is 0 Å². The Kier molecular flexibility index (Phi) is 7.21. The number of halogens is 8. The average Bonchev–Trinajstić information content (AvgIpc) is 2.81. The number of fused-ring (bicyclic) bond motifs is 2. The van der Waals surface area contributed by atoms with Crippen LogP contribution in [0.25, 0.3) is 0 Å². The normalized spacial score (nSPS) is 20.5. The molecular formula is C23H20Br2F6N2O. The van der Waals surface area contributed by atoms with Crippen LogP contribution in [0, 0.1) is 0 Å². The third-order valence-electron chi connectivity index (χ3n) is 6.50. The van der Waals surface area contributed by atoms with Crippen LogP contribution < -0.4 is 0 Å². The van der Waals surface area contributed by atoms with Crippen LogP contribution in [0.2, 0.25) is 0 Å². The molecular weight excluding hydrogens is 594 g/mol. The van der Waals surface area contributed by atoms with Gasteiger partial charge >= 0.3 is 0 Å². The first-order chi connectivity index (χ1) is 16.0. The van der Waals surface area contributed by atoms with E-state index >= 15 is 8.78 Å². The lowest BCUT2D eigenvalue weighted by atomic mass is 9.91. The van der Waals surface area contributed by atoms with Crippen molar-refractivity contribution in [2.24, 2.45) is 0 Å². The molecule has 2 aliphatic rings. The number of alkyl halides is 6. The van der Waals surface area contributed by atoms with E-state index in [2.05, 4.69) is 31.9 Å². The van der Waals surface area contributed by atoms with Crippen LogP contribution in [0.3, 0.4) is 0 Å². The lowest BCUT2D eigenvalue weighted by molar-refractivity contribution is -0.215. The lowest BCUT2D eigenvalue weighted by Gasteiger charge is -2.45. The molecule has 0 N–H and O–H groups in total. The highest BCUT2D eigenvalue weighted by Crippen LogP contribution is 2.42. The molecule has 0 saturated heterocycles. The van der Waals surface area contributed by atoms with Gasteiger partial charge in [-0.05, 0) is 59.4 Å². The highest BCUT2D eigenvalue weighted by atomic mass is 79.9. The Balaban J connectivity index is 1.70. The summed E-state index contributed by atoms with van der Waals surface area (Å²) in [4.78, 5) is 14.1. The molecule has 2 heterocycles. The van der Waals surface area contributed by atoms with E-state index in [1.807, 2.05) is 0 Å². The molecule has 0 bridgehead atoms. The second-order valence-electron chi connectivity index (χ2n) is 8.45. The maximum absolute atomic E-state index is 16.0. The standard InChI is InChI=1S/C23H20Br2F6N2O/c24-17-3-1-13-5-7-32(11-15(13)9-17)22(30,20(26)27)19(34)23(31,21(28)29)33-8-6-14-2-4-18(25)10-16(14)12-33/h1-4,9-10,20-21H,5-8,11-12H2. The number of carbonyl (C=O) groups excluding carboxylic acids is 1. The van der Waals surface area contributed by atoms with Gasteiger partial charge in [0.15, 0.2) is 0 Å². The Morgan fingerprint density at radius 3 is 1.47 bits per heavy atom. The van der Waals surface area contributed by atoms with Crippen molar-refractivity contribution in [2.75, 3.05) is 13.1 Å². The Morgan fingerprint density at radius 1 is 0.735 bits per heavy atom. The molecule has 2 unspecified atom stereocenters. The Morgan fingerprint density at radius 2 is 1.12 bits per heavy atom. The van der Waals surface area contributed by atoms with Crippen molar-refractivity contribution < 1.29 is 31.1 Å². The predicted octanol–water partition coefficient (Wildman–Crippen LogP) is 6.06. The van der Waals surface area contributed by atoms with Gasteiger partial charge in [-0.1, -0.05) is 44.0 Å². The van der Waals surface area contributed by atoms with E-state index in [-0.39, 0.29) is 25.9 Å². The summed E-state index contributed by atoms with van der Waals surface area (Å²) in [7, 11) is 0. The number of carbonyl (C=O) groups is 1. The van der Waals surface area contributed by atoms with Gasteiger partial charge in [0.1, 0.15) is 0 Å². The number of benzene rings is 2. The second-order valence-corrected chi connectivity index (χ2v) is 10.3. The van der Waals surface area contributed by atoms with E-state index < -0.39 is 43.3 Å². The van der Waals surface area contributed by atoms with Crippen molar-refractivity contribution >= 4 is 37.6 Å². The molecule has 0 amide bonds. The minimum Gasteiger partial charge on any atom is -0.289 e. The van der Waals surface area contributed by atoms with Crippen molar-refractivity contribution in [2.45, 2.75) is 50.4 Å². The van der Waals surface area contributed by atoms with Crippen molar-refractivity contribution in [1.82, 2.24) is 9.80 Å². The van der Waals surface area contributed by atoms with Crippen LogP contribution in [-0.4, -0.2) is 53.1 Å². The lowest BCUT2D eigenvalue weighted by Crippen LogP contribution is -2.69. The maximum atomic E-state index is 16.0. The van der Waals surface area contributed by atoms with Crippen molar-refractivity contribution in [3.8, 4) is 0 Å². The molecule has 2 aromatic rings. The summed E-state index contributed by atoms with van der Waals surface area (Å²) in [6.07, 6.45) is -7.86. The molecule has 2 aliphatic heterocycles. The number of hydrogen-bond donors (Lipinski definition) is 0. The van der Waals surface area contributed by atoms with Gasteiger partial charge in [-0.3, -0.25) is 14.6 Å². The summed E-state index contributed by atoms with van der Waals surface area (Å²) in [5, 5.41) is 0. The second kappa shape index (κ2) is 9.55. The summed E-state index contributed by atoms with van der Waals surface area (Å²) >= 11 is 6.49. The zero-order chi connectivity index (χ0) is 24.8. The molecule has 3 nitrogen and oxygen atoms in total. The molecule has 0 aliphatic carbocycles. The SMILES string of the molecule is O=C(C(F)(C(F)F)N1CCc2ccc(Br)cc2C1)C(F)(C(F)F)N1CCc2ccc(Br)cc2C1. The summed E-state index contributed by atoms with van der Waals surface area (Å²) in [6.45, 7) is -1.60. The van der Waals surface area contributed by atoms with Crippen molar-refractivity contribution in [1.29, 1.82) is 0 Å². The van der Waals surface area contributed by atoms with Crippen LogP contribution in [0.5, 0.6) is 0 Å². The summed E-state index contributed by atoms with van der Waals surface area (Å²) < 4.78 is 89.7. The van der Waals surface area contributed by atoms with Crippen molar-refractivity contribution in [3.05, 3.63) is 67.6 Å². The van der Waals surface area contributed by atoms with Crippen LogP contribution in [0.15, 0.2) is 45.3 Å². The predicted molar refractivity (Wildman–Crippen MR) is 121 cm³/mol. The number of rotatable bonds is 6. The largest absolute Gasteiger partial charge is 0.293 e. The zero-order valence-electron chi connectivity index (χ0n) is 17.7. The van der Waals surface area contributed by atoms with Crippen LogP contribution >= 0.6 is 31.9 Å². The molecule has 0 fully saturated rings. The number of hydrogen-bond acceptors (Lipinski definition) is 3.